The van der Waals surface area contributed by atoms with Crippen molar-refractivity contribution in [2.75, 3.05) is 0 Å². The summed E-state index contributed by atoms with van der Waals surface area (Å²) in [6.07, 6.45) is 3.25. The number of hydrogen-bond donors (Lipinski definition) is 2. The lowest BCUT2D eigenvalue weighted by Crippen LogP contribution is -2.46. The Labute approximate surface area is 95.8 Å². The Morgan fingerprint density at radius 1 is 1.53 bits per heavy atom. The van der Waals surface area contributed by atoms with Crippen LogP contribution >= 0.6 is 12.2 Å². The highest BCUT2D eigenvalue weighted by Gasteiger charge is 2.51. The van der Waals surface area contributed by atoms with Crippen LogP contribution in [0.4, 0.5) is 0 Å². The lowest BCUT2D eigenvalue weighted by atomic mass is 10.1. The Hall–Kier alpha value is -0.640. The number of thiocarbonyl (C=S) groups is 1. The molecule has 0 saturated heterocycles. The quantitative estimate of drug-likeness (QED) is 0.709. The molecule has 2 unspecified atom stereocenters. The lowest BCUT2D eigenvalue weighted by Gasteiger charge is -2.17. The molecular formula is C11H18N2OS. The van der Waals surface area contributed by atoms with Crippen molar-refractivity contribution in [1.82, 2.24) is 5.32 Å². The summed E-state index contributed by atoms with van der Waals surface area (Å²) in [6, 6.07) is -0.0658. The fourth-order valence-electron chi connectivity index (χ4n) is 2.02. The van der Waals surface area contributed by atoms with E-state index in [9.17, 15) is 4.79 Å². The molecule has 0 aromatic rings. The molecule has 0 radical (unpaired) electrons. The number of amides is 1. The Kier molecular flexibility index (Phi) is 2.49. The third kappa shape index (κ3) is 2.30. The fraction of sp³-hybridized carbons (Fsp3) is 0.818. The molecule has 4 heteroatoms. The molecule has 15 heavy (non-hydrogen) atoms. The van der Waals surface area contributed by atoms with Gasteiger partial charge in [-0.3, -0.25) is 4.79 Å². The van der Waals surface area contributed by atoms with E-state index in [0.29, 0.717) is 10.9 Å². The number of carbonyl (C=O) groups is 1. The molecule has 2 atom stereocenters. The van der Waals surface area contributed by atoms with Crippen LogP contribution in [-0.2, 0) is 4.79 Å². The number of rotatable bonds is 4. The van der Waals surface area contributed by atoms with Gasteiger partial charge in [0, 0.05) is 5.92 Å². The lowest BCUT2D eigenvalue weighted by molar-refractivity contribution is -0.123. The molecule has 2 saturated carbocycles. The standard InChI is InChI=1S/C11H18N2OS/c1-11(2)5-7(11)10(14)13-8(9(12)15)6-3-4-6/h6-8H,3-5H2,1-2H3,(H2,12,15)(H,13,14). The number of carbonyl (C=O) groups excluding carboxylic acids is 1. The van der Waals surface area contributed by atoms with Crippen LogP contribution in [0.1, 0.15) is 33.1 Å². The summed E-state index contributed by atoms with van der Waals surface area (Å²) >= 11 is 4.98. The van der Waals surface area contributed by atoms with Crippen molar-refractivity contribution in [3.8, 4) is 0 Å². The third-order valence-electron chi connectivity index (χ3n) is 3.53. The van der Waals surface area contributed by atoms with Gasteiger partial charge in [-0.25, -0.2) is 0 Å². The van der Waals surface area contributed by atoms with Crippen molar-refractivity contribution in [2.24, 2.45) is 23.0 Å². The summed E-state index contributed by atoms with van der Waals surface area (Å²) in [6.45, 7) is 4.23. The second-order valence-electron chi connectivity index (χ2n) is 5.47. The zero-order chi connectivity index (χ0) is 11.2. The Morgan fingerprint density at radius 3 is 2.40 bits per heavy atom. The minimum atomic E-state index is -0.0658. The van der Waals surface area contributed by atoms with Crippen LogP contribution in [0.15, 0.2) is 0 Å². The molecule has 1 amide bonds. The first-order valence-electron chi connectivity index (χ1n) is 5.51. The van der Waals surface area contributed by atoms with Crippen molar-refractivity contribution in [1.29, 1.82) is 0 Å². The van der Waals surface area contributed by atoms with E-state index in [2.05, 4.69) is 19.2 Å². The zero-order valence-corrected chi connectivity index (χ0v) is 10.1. The number of hydrogen-bond acceptors (Lipinski definition) is 2. The summed E-state index contributed by atoms with van der Waals surface area (Å²) in [7, 11) is 0. The molecule has 2 rings (SSSR count). The van der Waals surface area contributed by atoms with Gasteiger partial charge in [-0.1, -0.05) is 26.1 Å². The van der Waals surface area contributed by atoms with Crippen molar-refractivity contribution < 1.29 is 4.79 Å². The van der Waals surface area contributed by atoms with Crippen LogP contribution in [-0.4, -0.2) is 16.9 Å². The van der Waals surface area contributed by atoms with Gasteiger partial charge in [0.25, 0.3) is 0 Å². The van der Waals surface area contributed by atoms with Gasteiger partial charge in [-0.15, -0.1) is 0 Å². The second kappa shape index (κ2) is 3.44. The van der Waals surface area contributed by atoms with Gasteiger partial charge in [0.15, 0.2) is 0 Å². The van der Waals surface area contributed by atoms with E-state index in [1.54, 1.807) is 0 Å². The molecule has 2 aliphatic rings. The molecule has 2 fully saturated rings. The van der Waals surface area contributed by atoms with Crippen molar-refractivity contribution in [3.63, 3.8) is 0 Å². The number of nitrogens with two attached hydrogens (primary N) is 1. The molecular weight excluding hydrogens is 208 g/mol. The summed E-state index contributed by atoms with van der Waals surface area (Å²) in [5.74, 6) is 0.783. The van der Waals surface area contributed by atoms with Crippen LogP contribution < -0.4 is 11.1 Å². The highest BCUT2D eigenvalue weighted by Crippen LogP contribution is 2.51. The molecule has 0 aliphatic heterocycles. The van der Waals surface area contributed by atoms with E-state index in [1.165, 1.54) is 0 Å². The maximum absolute atomic E-state index is 11.8. The molecule has 0 spiro atoms. The first-order valence-corrected chi connectivity index (χ1v) is 5.92. The van der Waals surface area contributed by atoms with E-state index in [4.69, 9.17) is 18.0 Å². The normalized spacial score (nSPS) is 29.3. The van der Waals surface area contributed by atoms with Crippen molar-refractivity contribution >= 4 is 23.1 Å². The largest absolute Gasteiger partial charge is 0.392 e. The summed E-state index contributed by atoms with van der Waals surface area (Å²) < 4.78 is 0. The molecule has 0 heterocycles. The predicted molar refractivity (Wildman–Crippen MR) is 63.3 cm³/mol. The average molecular weight is 226 g/mol. The molecule has 3 N–H and O–H groups in total. The summed E-state index contributed by atoms with van der Waals surface area (Å²) in [5.41, 5.74) is 5.81. The average Bonchev–Trinajstić information content (AvgIpc) is 2.97. The van der Waals surface area contributed by atoms with Crippen molar-refractivity contribution in [3.05, 3.63) is 0 Å². The Morgan fingerprint density at radius 2 is 2.07 bits per heavy atom. The fourth-order valence-corrected chi connectivity index (χ4v) is 2.27. The molecule has 3 nitrogen and oxygen atoms in total. The van der Waals surface area contributed by atoms with Gasteiger partial charge in [0.2, 0.25) is 5.91 Å². The smallest absolute Gasteiger partial charge is 0.224 e. The molecule has 0 bridgehead atoms. The minimum Gasteiger partial charge on any atom is -0.392 e. The second-order valence-corrected chi connectivity index (χ2v) is 5.94. The predicted octanol–water partition coefficient (Wildman–Crippen LogP) is 1.21. The van der Waals surface area contributed by atoms with Crippen LogP contribution in [0, 0.1) is 17.3 Å². The maximum atomic E-state index is 11.8. The van der Waals surface area contributed by atoms with E-state index < -0.39 is 0 Å². The Bertz CT molecular complexity index is 310. The molecule has 84 valence electrons. The molecule has 0 aromatic carbocycles. The molecule has 2 aliphatic carbocycles. The first-order chi connectivity index (χ1) is 6.92. The minimum absolute atomic E-state index is 0.0658. The van der Waals surface area contributed by atoms with Gasteiger partial charge in [-0.2, -0.15) is 0 Å². The summed E-state index contributed by atoms with van der Waals surface area (Å²) in [5, 5.41) is 2.99. The van der Waals surface area contributed by atoms with Gasteiger partial charge in [0.05, 0.1) is 11.0 Å². The van der Waals surface area contributed by atoms with Gasteiger partial charge in [-0.05, 0) is 30.6 Å². The van der Waals surface area contributed by atoms with E-state index in [1.807, 2.05) is 0 Å². The Balaban J connectivity index is 1.90. The highest BCUT2D eigenvalue weighted by molar-refractivity contribution is 7.80. The van der Waals surface area contributed by atoms with E-state index in [-0.39, 0.29) is 23.3 Å². The van der Waals surface area contributed by atoms with Crippen molar-refractivity contribution in [2.45, 2.75) is 39.2 Å². The first kappa shape index (κ1) is 10.9. The van der Waals surface area contributed by atoms with Gasteiger partial charge in [0.1, 0.15) is 0 Å². The van der Waals surface area contributed by atoms with Crippen LogP contribution in [0.5, 0.6) is 0 Å². The van der Waals surface area contributed by atoms with Crippen LogP contribution in [0.25, 0.3) is 0 Å². The third-order valence-corrected chi connectivity index (χ3v) is 3.78. The monoisotopic (exact) mass is 226 g/mol. The molecule has 0 aromatic heterocycles. The van der Waals surface area contributed by atoms with E-state index >= 15 is 0 Å². The van der Waals surface area contributed by atoms with Gasteiger partial charge < -0.3 is 11.1 Å². The zero-order valence-electron chi connectivity index (χ0n) is 9.25. The van der Waals surface area contributed by atoms with E-state index in [0.717, 1.165) is 19.3 Å². The van der Waals surface area contributed by atoms with Crippen LogP contribution in [0.3, 0.4) is 0 Å². The maximum Gasteiger partial charge on any atom is 0.224 e. The van der Waals surface area contributed by atoms with Crippen LogP contribution in [0.2, 0.25) is 0 Å². The number of nitrogens with one attached hydrogen (secondary N) is 1. The topological polar surface area (TPSA) is 55.1 Å². The SMILES string of the molecule is CC1(C)CC1C(=O)NC(C(N)=S)C1CC1. The van der Waals surface area contributed by atoms with Gasteiger partial charge >= 0.3 is 0 Å². The summed E-state index contributed by atoms with van der Waals surface area (Å²) in [4.78, 5) is 12.3. The highest BCUT2D eigenvalue weighted by atomic mass is 32.1.